The van der Waals surface area contributed by atoms with E-state index in [-0.39, 0.29) is 5.82 Å². The van der Waals surface area contributed by atoms with Crippen molar-refractivity contribution in [3.05, 3.63) is 35.6 Å². The fraction of sp³-hybridized carbons (Fsp3) is 0.600. The molecule has 0 aliphatic heterocycles. The molecule has 1 saturated carbocycles. The number of nitrogens with one attached hydrogen (secondary N) is 1. The van der Waals surface area contributed by atoms with Crippen molar-refractivity contribution >= 4 is 0 Å². The number of benzene rings is 1. The Balaban J connectivity index is 1.78. The molecule has 18 heavy (non-hydrogen) atoms. The van der Waals surface area contributed by atoms with Crippen molar-refractivity contribution in [1.82, 2.24) is 5.32 Å². The third kappa shape index (κ3) is 3.30. The Morgan fingerprint density at radius 2 is 2.00 bits per heavy atom. The average Bonchev–Trinajstić information content (AvgIpc) is 2.33. The third-order valence-electron chi connectivity index (χ3n) is 3.81. The van der Waals surface area contributed by atoms with Crippen molar-refractivity contribution in [1.29, 1.82) is 0 Å². The molecule has 1 unspecified atom stereocenters. The second kappa shape index (κ2) is 6.30. The number of hydrogen-bond donors (Lipinski definition) is 1. The Morgan fingerprint density at radius 3 is 2.56 bits per heavy atom. The molecule has 1 aromatic carbocycles. The zero-order chi connectivity index (χ0) is 13.0. The van der Waals surface area contributed by atoms with Gasteiger partial charge in [0.25, 0.3) is 0 Å². The molecule has 2 nitrogen and oxygen atoms in total. The Labute approximate surface area is 109 Å². The number of hydrogen-bond acceptors (Lipinski definition) is 2. The van der Waals surface area contributed by atoms with Gasteiger partial charge in [0.2, 0.25) is 0 Å². The molecule has 1 atom stereocenters. The maximum absolute atomic E-state index is 12.8. The Kier molecular flexibility index (Phi) is 4.72. The summed E-state index contributed by atoms with van der Waals surface area (Å²) < 4.78 is 18.0. The quantitative estimate of drug-likeness (QED) is 0.839. The summed E-state index contributed by atoms with van der Waals surface area (Å²) in [6.45, 7) is 2.95. The minimum Gasteiger partial charge on any atom is -0.383 e. The van der Waals surface area contributed by atoms with Crippen molar-refractivity contribution in [2.75, 3.05) is 13.7 Å². The maximum Gasteiger partial charge on any atom is 0.123 e. The van der Waals surface area contributed by atoms with Crippen molar-refractivity contribution < 1.29 is 9.13 Å². The van der Waals surface area contributed by atoms with E-state index < -0.39 is 0 Å². The molecule has 1 N–H and O–H groups in total. The van der Waals surface area contributed by atoms with Gasteiger partial charge in [-0.05, 0) is 42.9 Å². The van der Waals surface area contributed by atoms with Crippen LogP contribution in [0.15, 0.2) is 24.3 Å². The van der Waals surface area contributed by atoms with Gasteiger partial charge in [-0.25, -0.2) is 4.39 Å². The zero-order valence-electron chi connectivity index (χ0n) is 11.2. The highest BCUT2D eigenvalue weighted by molar-refractivity contribution is 5.23. The Morgan fingerprint density at radius 1 is 1.33 bits per heavy atom. The first-order valence-electron chi connectivity index (χ1n) is 6.73. The van der Waals surface area contributed by atoms with E-state index in [1.165, 1.54) is 5.56 Å². The lowest BCUT2D eigenvalue weighted by Crippen LogP contribution is -2.46. The zero-order valence-corrected chi connectivity index (χ0v) is 11.2. The summed E-state index contributed by atoms with van der Waals surface area (Å²) in [6, 6.07) is 7.95. The highest BCUT2D eigenvalue weighted by atomic mass is 19.1. The van der Waals surface area contributed by atoms with Gasteiger partial charge in [-0.3, -0.25) is 0 Å². The standard InChI is InChI=1S/C15H22FNO/c1-3-14(10-18-2)17-15-8-12(9-15)11-4-6-13(16)7-5-11/h4-7,12,14-15,17H,3,8-10H2,1-2H3. The van der Waals surface area contributed by atoms with E-state index in [2.05, 4.69) is 12.2 Å². The van der Waals surface area contributed by atoms with Crippen LogP contribution >= 0.6 is 0 Å². The van der Waals surface area contributed by atoms with E-state index in [0.29, 0.717) is 18.0 Å². The van der Waals surface area contributed by atoms with Crippen molar-refractivity contribution in [2.45, 2.75) is 44.2 Å². The van der Waals surface area contributed by atoms with Crippen LogP contribution in [-0.4, -0.2) is 25.8 Å². The molecule has 1 aromatic rings. The molecule has 0 aromatic heterocycles. The summed E-state index contributed by atoms with van der Waals surface area (Å²) in [6.07, 6.45) is 3.38. The van der Waals surface area contributed by atoms with Gasteiger partial charge in [-0.2, -0.15) is 0 Å². The van der Waals surface area contributed by atoms with Gasteiger partial charge < -0.3 is 10.1 Å². The second-order valence-corrected chi connectivity index (χ2v) is 5.14. The lowest BCUT2D eigenvalue weighted by molar-refractivity contribution is 0.144. The number of methoxy groups -OCH3 is 1. The summed E-state index contributed by atoms with van der Waals surface area (Å²) in [5, 5.41) is 3.62. The first-order chi connectivity index (χ1) is 8.72. The van der Waals surface area contributed by atoms with Crippen LogP contribution < -0.4 is 5.32 Å². The molecule has 1 fully saturated rings. The van der Waals surface area contributed by atoms with Crippen LogP contribution in [-0.2, 0) is 4.74 Å². The molecule has 2 rings (SSSR count). The van der Waals surface area contributed by atoms with Crippen LogP contribution in [0.3, 0.4) is 0 Å². The number of ether oxygens (including phenoxy) is 1. The summed E-state index contributed by atoms with van der Waals surface area (Å²) in [4.78, 5) is 0. The molecule has 3 heteroatoms. The topological polar surface area (TPSA) is 21.3 Å². The van der Waals surface area contributed by atoms with E-state index in [0.717, 1.165) is 25.9 Å². The van der Waals surface area contributed by atoms with E-state index >= 15 is 0 Å². The fourth-order valence-corrected chi connectivity index (χ4v) is 2.58. The maximum atomic E-state index is 12.8. The SMILES string of the molecule is CCC(COC)NC1CC(c2ccc(F)cc2)C1. The Bertz CT molecular complexity index is 359. The first kappa shape index (κ1) is 13.5. The van der Waals surface area contributed by atoms with Gasteiger partial charge in [-0.15, -0.1) is 0 Å². The van der Waals surface area contributed by atoms with Gasteiger partial charge in [0.05, 0.1) is 6.61 Å². The lowest BCUT2D eigenvalue weighted by Gasteiger charge is -2.38. The van der Waals surface area contributed by atoms with E-state index in [4.69, 9.17) is 4.74 Å². The molecule has 0 heterocycles. The number of rotatable bonds is 6. The van der Waals surface area contributed by atoms with Crippen LogP contribution in [0.25, 0.3) is 0 Å². The lowest BCUT2D eigenvalue weighted by atomic mass is 9.75. The third-order valence-corrected chi connectivity index (χ3v) is 3.81. The first-order valence-corrected chi connectivity index (χ1v) is 6.73. The molecule has 0 spiro atoms. The van der Waals surface area contributed by atoms with Crippen LogP contribution in [0.2, 0.25) is 0 Å². The van der Waals surface area contributed by atoms with Gasteiger partial charge in [0.15, 0.2) is 0 Å². The molecule has 0 radical (unpaired) electrons. The molecule has 0 saturated heterocycles. The van der Waals surface area contributed by atoms with E-state index in [1.54, 1.807) is 19.2 Å². The predicted molar refractivity (Wildman–Crippen MR) is 71.3 cm³/mol. The van der Waals surface area contributed by atoms with E-state index in [9.17, 15) is 4.39 Å². The predicted octanol–water partition coefficient (Wildman–Crippen LogP) is 3.09. The molecule has 0 amide bonds. The average molecular weight is 251 g/mol. The largest absolute Gasteiger partial charge is 0.383 e. The molecular weight excluding hydrogens is 229 g/mol. The summed E-state index contributed by atoms with van der Waals surface area (Å²) in [5.41, 5.74) is 1.26. The number of halogens is 1. The van der Waals surface area contributed by atoms with Crippen LogP contribution in [0.5, 0.6) is 0 Å². The van der Waals surface area contributed by atoms with E-state index in [1.807, 2.05) is 12.1 Å². The monoisotopic (exact) mass is 251 g/mol. The molecule has 0 bridgehead atoms. The minimum atomic E-state index is -0.154. The van der Waals surface area contributed by atoms with Crippen molar-refractivity contribution in [2.24, 2.45) is 0 Å². The van der Waals surface area contributed by atoms with Gasteiger partial charge in [0, 0.05) is 19.2 Å². The van der Waals surface area contributed by atoms with Gasteiger partial charge in [0.1, 0.15) is 5.82 Å². The smallest absolute Gasteiger partial charge is 0.123 e. The highest BCUT2D eigenvalue weighted by Gasteiger charge is 2.31. The molecule has 100 valence electrons. The molecule has 1 aliphatic rings. The van der Waals surface area contributed by atoms with Crippen LogP contribution in [0.4, 0.5) is 4.39 Å². The van der Waals surface area contributed by atoms with Crippen molar-refractivity contribution in [3.8, 4) is 0 Å². The Hall–Kier alpha value is -0.930. The summed E-state index contributed by atoms with van der Waals surface area (Å²) in [5.74, 6) is 0.432. The molecular formula is C15H22FNO. The summed E-state index contributed by atoms with van der Waals surface area (Å²) >= 11 is 0. The van der Waals surface area contributed by atoms with Gasteiger partial charge >= 0.3 is 0 Å². The summed E-state index contributed by atoms with van der Waals surface area (Å²) in [7, 11) is 1.74. The van der Waals surface area contributed by atoms with Crippen LogP contribution in [0.1, 0.15) is 37.7 Å². The van der Waals surface area contributed by atoms with Gasteiger partial charge in [-0.1, -0.05) is 19.1 Å². The minimum absolute atomic E-state index is 0.154. The van der Waals surface area contributed by atoms with Crippen molar-refractivity contribution in [3.63, 3.8) is 0 Å². The molecule has 1 aliphatic carbocycles. The van der Waals surface area contributed by atoms with Crippen LogP contribution in [0, 0.1) is 5.82 Å². The highest BCUT2D eigenvalue weighted by Crippen LogP contribution is 2.37. The normalized spacial score (nSPS) is 24.6. The second-order valence-electron chi connectivity index (χ2n) is 5.14. The fourth-order valence-electron chi connectivity index (χ4n) is 2.58.